The summed E-state index contributed by atoms with van der Waals surface area (Å²) in [4.78, 5) is 13.4. The highest BCUT2D eigenvalue weighted by Gasteiger charge is 2.23. The van der Waals surface area contributed by atoms with Crippen LogP contribution >= 0.6 is 0 Å². The van der Waals surface area contributed by atoms with E-state index in [0.29, 0.717) is 12.4 Å². The van der Waals surface area contributed by atoms with Crippen LogP contribution in [0.1, 0.15) is 16.1 Å². The predicted molar refractivity (Wildman–Crippen MR) is 78.0 cm³/mol. The maximum Gasteiger partial charge on any atom is 0.339 e. The summed E-state index contributed by atoms with van der Waals surface area (Å²) in [6, 6.07) is 7.24. The van der Waals surface area contributed by atoms with Gasteiger partial charge in [-0.1, -0.05) is 6.07 Å². The van der Waals surface area contributed by atoms with E-state index in [1.807, 2.05) is 23.9 Å². The largest absolute Gasteiger partial charge is 0.489 e. The van der Waals surface area contributed by atoms with Crippen molar-refractivity contribution in [2.75, 3.05) is 24.6 Å². The number of para-hydroxylation sites is 1. The number of aromatic carboxylic acids is 1. The number of ether oxygens (including phenoxy) is 1. The summed E-state index contributed by atoms with van der Waals surface area (Å²) in [5.74, 6) is -0.485. The van der Waals surface area contributed by atoms with Crippen LogP contribution in [0.15, 0.2) is 30.5 Å². The Morgan fingerprint density at radius 2 is 2.29 bits per heavy atom. The van der Waals surface area contributed by atoms with Crippen LogP contribution in [0.3, 0.4) is 0 Å². The molecule has 0 bridgehead atoms. The summed E-state index contributed by atoms with van der Waals surface area (Å²) in [6.07, 6.45) is 2.64. The number of rotatable bonds is 4. The number of nitrogens with zero attached hydrogens (tertiary/aromatic N) is 3. The number of carbonyl (C=O) groups is 1. The van der Waals surface area contributed by atoms with E-state index in [1.165, 1.54) is 0 Å². The number of hydrogen-bond acceptors (Lipinski definition) is 4. The molecule has 0 radical (unpaired) electrons. The molecule has 1 aliphatic heterocycles. The summed E-state index contributed by atoms with van der Waals surface area (Å²) in [6.45, 7) is 2.07. The van der Waals surface area contributed by atoms with Crippen LogP contribution in [0.5, 0.6) is 5.75 Å². The molecule has 6 heteroatoms. The summed E-state index contributed by atoms with van der Waals surface area (Å²) >= 11 is 0. The SMILES string of the molecule is Cn1nccc1CCN1CCOc2c(C(=O)O)cccc21. The van der Waals surface area contributed by atoms with Crippen LogP contribution in [0.2, 0.25) is 0 Å². The van der Waals surface area contributed by atoms with Crippen molar-refractivity contribution < 1.29 is 14.6 Å². The van der Waals surface area contributed by atoms with Gasteiger partial charge < -0.3 is 14.7 Å². The van der Waals surface area contributed by atoms with Gasteiger partial charge in [0.2, 0.25) is 0 Å². The van der Waals surface area contributed by atoms with Gasteiger partial charge in [-0.3, -0.25) is 4.68 Å². The van der Waals surface area contributed by atoms with Crippen molar-refractivity contribution in [2.45, 2.75) is 6.42 Å². The number of aromatic nitrogens is 2. The van der Waals surface area contributed by atoms with Gasteiger partial charge in [0.25, 0.3) is 0 Å². The summed E-state index contributed by atoms with van der Waals surface area (Å²) in [5, 5.41) is 13.4. The molecule has 0 saturated heterocycles. The van der Waals surface area contributed by atoms with Crippen LogP contribution in [-0.2, 0) is 13.5 Å². The van der Waals surface area contributed by atoms with E-state index in [-0.39, 0.29) is 5.56 Å². The van der Waals surface area contributed by atoms with Crippen LogP contribution < -0.4 is 9.64 Å². The Morgan fingerprint density at radius 1 is 1.43 bits per heavy atom. The molecule has 0 aliphatic carbocycles. The molecule has 6 nitrogen and oxygen atoms in total. The average molecular weight is 287 g/mol. The van der Waals surface area contributed by atoms with E-state index < -0.39 is 5.97 Å². The molecule has 0 unspecified atom stereocenters. The fraction of sp³-hybridized carbons (Fsp3) is 0.333. The smallest absolute Gasteiger partial charge is 0.339 e. The molecule has 1 N–H and O–H groups in total. The Labute approximate surface area is 122 Å². The first-order valence-corrected chi connectivity index (χ1v) is 6.88. The Kier molecular flexibility index (Phi) is 3.51. The zero-order chi connectivity index (χ0) is 14.8. The lowest BCUT2D eigenvalue weighted by Crippen LogP contribution is -2.35. The van der Waals surface area contributed by atoms with Gasteiger partial charge in [-0.25, -0.2) is 4.79 Å². The molecule has 0 atom stereocenters. The standard InChI is InChI=1S/C15H17N3O3/c1-17-11(5-7-16-17)6-8-18-9-10-21-14-12(15(19)20)3-2-4-13(14)18/h2-5,7H,6,8-10H2,1H3,(H,19,20). The Bertz CT molecular complexity index is 666. The molecule has 2 aromatic rings. The lowest BCUT2D eigenvalue weighted by Gasteiger charge is -2.31. The normalized spacial score (nSPS) is 13.7. The number of hydrogen-bond donors (Lipinski definition) is 1. The average Bonchev–Trinajstić information content (AvgIpc) is 2.89. The van der Waals surface area contributed by atoms with Crippen LogP contribution in [-0.4, -0.2) is 40.6 Å². The fourth-order valence-corrected chi connectivity index (χ4v) is 2.60. The van der Waals surface area contributed by atoms with Crippen molar-refractivity contribution in [1.82, 2.24) is 9.78 Å². The van der Waals surface area contributed by atoms with Gasteiger partial charge in [0.15, 0.2) is 5.75 Å². The number of carboxylic acid groups (broad SMARTS) is 1. The molecule has 0 amide bonds. The van der Waals surface area contributed by atoms with Crippen molar-refractivity contribution >= 4 is 11.7 Å². The molecule has 1 aromatic heterocycles. The van der Waals surface area contributed by atoms with Gasteiger partial charge >= 0.3 is 5.97 Å². The van der Waals surface area contributed by atoms with Crippen molar-refractivity contribution in [2.24, 2.45) is 7.05 Å². The van der Waals surface area contributed by atoms with Gasteiger partial charge in [-0.05, 0) is 18.2 Å². The number of carboxylic acids is 1. The molecule has 0 spiro atoms. The molecule has 21 heavy (non-hydrogen) atoms. The summed E-state index contributed by atoms with van der Waals surface area (Å²) in [5.41, 5.74) is 2.22. The van der Waals surface area contributed by atoms with Crippen molar-refractivity contribution in [3.63, 3.8) is 0 Å². The minimum Gasteiger partial charge on any atom is -0.489 e. The quantitative estimate of drug-likeness (QED) is 0.924. The second-order valence-corrected chi connectivity index (χ2v) is 4.99. The van der Waals surface area contributed by atoms with Crippen LogP contribution in [0.4, 0.5) is 5.69 Å². The molecule has 1 aliphatic rings. The Morgan fingerprint density at radius 3 is 3.00 bits per heavy atom. The highest BCUT2D eigenvalue weighted by Crippen LogP contribution is 2.34. The first-order chi connectivity index (χ1) is 10.2. The lowest BCUT2D eigenvalue weighted by atomic mass is 10.1. The number of fused-ring (bicyclic) bond motifs is 1. The lowest BCUT2D eigenvalue weighted by molar-refractivity contribution is 0.0692. The molecule has 0 fully saturated rings. The first kappa shape index (κ1) is 13.5. The zero-order valence-electron chi connectivity index (χ0n) is 11.8. The monoisotopic (exact) mass is 287 g/mol. The van der Waals surface area contributed by atoms with E-state index in [4.69, 9.17) is 4.74 Å². The molecule has 3 rings (SSSR count). The van der Waals surface area contributed by atoms with Gasteiger partial charge in [0.1, 0.15) is 12.2 Å². The molecule has 1 aromatic carbocycles. The number of benzene rings is 1. The molecular formula is C15H17N3O3. The molecular weight excluding hydrogens is 270 g/mol. The third-order valence-corrected chi connectivity index (χ3v) is 3.73. The number of anilines is 1. The van der Waals surface area contributed by atoms with Crippen molar-refractivity contribution in [1.29, 1.82) is 0 Å². The summed E-state index contributed by atoms with van der Waals surface area (Å²) in [7, 11) is 1.92. The van der Waals surface area contributed by atoms with E-state index in [0.717, 1.165) is 30.9 Å². The number of aryl methyl sites for hydroxylation is 1. The second-order valence-electron chi connectivity index (χ2n) is 4.99. The van der Waals surface area contributed by atoms with E-state index in [9.17, 15) is 9.90 Å². The molecule has 2 heterocycles. The third-order valence-electron chi connectivity index (χ3n) is 3.73. The molecule has 110 valence electrons. The first-order valence-electron chi connectivity index (χ1n) is 6.88. The predicted octanol–water partition coefficient (Wildman–Crippen LogP) is 1.56. The Hall–Kier alpha value is -2.50. The third kappa shape index (κ3) is 2.56. The van der Waals surface area contributed by atoms with Gasteiger partial charge in [0.05, 0.1) is 12.2 Å². The van der Waals surface area contributed by atoms with Gasteiger partial charge in [-0.15, -0.1) is 0 Å². The molecule has 0 saturated carbocycles. The fourth-order valence-electron chi connectivity index (χ4n) is 2.60. The minimum absolute atomic E-state index is 0.220. The second kappa shape index (κ2) is 5.47. The minimum atomic E-state index is -0.958. The maximum absolute atomic E-state index is 11.3. The van der Waals surface area contributed by atoms with Gasteiger partial charge in [-0.2, -0.15) is 5.10 Å². The van der Waals surface area contributed by atoms with Crippen molar-refractivity contribution in [3.8, 4) is 5.75 Å². The highest BCUT2D eigenvalue weighted by atomic mass is 16.5. The van der Waals surface area contributed by atoms with Gasteiger partial charge in [0, 0.05) is 31.9 Å². The Balaban J connectivity index is 1.82. The topological polar surface area (TPSA) is 67.6 Å². The van der Waals surface area contributed by atoms with E-state index >= 15 is 0 Å². The highest BCUT2D eigenvalue weighted by molar-refractivity contribution is 5.93. The van der Waals surface area contributed by atoms with Crippen molar-refractivity contribution in [3.05, 3.63) is 41.7 Å². The van der Waals surface area contributed by atoms with Crippen LogP contribution in [0.25, 0.3) is 0 Å². The van der Waals surface area contributed by atoms with E-state index in [1.54, 1.807) is 18.3 Å². The van der Waals surface area contributed by atoms with Crippen LogP contribution in [0, 0.1) is 0 Å². The summed E-state index contributed by atoms with van der Waals surface area (Å²) < 4.78 is 7.42. The maximum atomic E-state index is 11.3. The van der Waals surface area contributed by atoms with E-state index in [2.05, 4.69) is 10.00 Å². The zero-order valence-corrected chi connectivity index (χ0v) is 11.8.